The molecular weight excluding hydrogens is 416 g/mol. The van der Waals surface area contributed by atoms with E-state index < -0.39 is 11.5 Å². The van der Waals surface area contributed by atoms with Crippen molar-refractivity contribution in [3.05, 3.63) is 101 Å². The Bertz CT molecular complexity index is 1210. The number of hydrogen-bond donors (Lipinski definition) is 1. The molecule has 0 radical (unpaired) electrons. The predicted molar refractivity (Wildman–Crippen MR) is 128 cm³/mol. The SMILES string of the molecule is Cc1ccc(C(=O)[C@@H]2[C@@H](c3ccccc3)[C@H]3CSCN3[C@@]23C(=O)Nc2ccccc23)cc1. The minimum atomic E-state index is -0.993. The van der Waals surface area contributed by atoms with Crippen molar-refractivity contribution in [2.24, 2.45) is 5.92 Å². The minimum Gasteiger partial charge on any atom is -0.324 e. The van der Waals surface area contributed by atoms with Crippen LogP contribution in [-0.2, 0) is 10.3 Å². The molecule has 2 fully saturated rings. The number of rotatable bonds is 3. The third kappa shape index (κ3) is 2.61. The van der Waals surface area contributed by atoms with Crippen molar-refractivity contribution < 1.29 is 9.59 Å². The van der Waals surface area contributed by atoms with Crippen LogP contribution in [0.3, 0.4) is 0 Å². The van der Waals surface area contributed by atoms with Crippen LogP contribution < -0.4 is 5.32 Å². The summed E-state index contributed by atoms with van der Waals surface area (Å²) in [6, 6.07) is 26.1. The van der Waals surface area contributed by atoms with Gasteiger partial charge in [0.2, 0.25) is 5.91 Å². The Kier molecular flexibility index (Phi) is 4.52. The minimum absolute atomic E-state index is 0.0464. The van der Waals surface area contributed by atoms with Crippen LogP contribution in [0.15, 0.2) is 78.9 Å². The number of ketones is 1. The van der Waals surface area contributed by atoms with Gasteiger partial charge in [-0.3, -0.25) is 14.5 Å². The highest BCUT2D eigenvalue weighted by Gasteiger charge is 2.69. The summed E-state index contributed by atoms with van der Waals surface area (Å²) < 4.78 is 0. The first-order chi connectivity index (χ1) is 15.6. The number of amides is 1. The molecule has 0 saturated carbocycles. The number of nitrogens with one attached hydrogen (secondary N) is 1. The molecule has 5 heteroatoms. The molecule has 32 heavy (non-hydrogen) atoms. The molecular formula is C27H24N2O2S. The largest absolute Gasteiger partial charge is 0.324 e. The van der Waals surface area contributed by atoms with E-state index in [-0.39, 0.29) is 23.7 Å². The van der Waals surface area contributed by atoms with Crippen molar-refractivity contribution in [2.75, 3.05) is 16.9 Å². The summed E-state index contributed by atoms with van der Waals surface area (Å²) in [5, 5.41) is 3.12. The standard InChI is InChI=1S/C27H24N2O2S/c1-17-11-13-19(14-12-17)25(30)24-23(18-7-3-2-4-8-18)22-15-32-16-29(22)27(24)20-9-5-6-10-21(20)28-26(27)31/h2-14,22-24H,15-16H2,1H3,(H,28,31)/t22-,23+,24+,27-/m1/s1. The maximum atomic E-state index is 14.3. The molecule has 0 bridgehead atoms. The monoisotopic (exact) mass is 440 g/mol. The molecule has 3 aliphatic heterocycles. The van der Waals surface area contributed by atoms with Gasteiger partial charge in [-0.2, -0.15) is 0 Å². The van der Waals surface area contributed by atoms with Crippen molar-refractivity contribution in [1.82, 2.24) is 4.90 Å². The zero-order chi connectivity index (χ0) is 21.9. The van der Waals surface area contributed by atoms with E-state index in [0.29, 0.717) is 5.56 Å². The highest BCUT2D eigenvalue weighted by molar-refractivity contribution is 7.99. The molecule has 4 nitrogen and oxygen atoms in total. The van der Waals surface area contributed by atoms with Crippen LogP contribution in [0.2, 0.25) is 0 Å². The zero-order valence-electron chi connectivity index (χ0n) is 17.8. The lowest BCUT2D eigenvalue weighted by molar-refractivity contribution is -0.127. The van der Waals surface area contributed by atoms with Crippen molar-refractivity contribution >= 4 is 29.1 Å². The Morgan fingerprint density at radius 2 is 1.72 bits per heavy atom. The Morgan fingerprint density at radius 1 is 1.00 bits per heavy atom. The number of anilines is 1. The van der Waals surface area contributed by atoms with Gasteiger partial charge in [-0.15, -0.1) is 11.8 Å². The number of aryl methyl sites for hydroxylation is 1. The molecule has 3 heterocycles. The van der Waals surface area contributed by atoms with Crippen molar-refractivity contribution in [3.63, 3.8) is 0 Å². The summed E-state index contributed by atoms with van der Waals surface area (Å²) >= 11 is 1.85. The number of fused-ring (bicyclic) bond motifs is 4. The highest BCUT2D eigenvalue weighted by Crippen LogP contribution is 2.61. The number of benzene rings is 3. The average Bonchev–Trinajstić information content (AvgIpc) is 3.48. The fraction of sp³-hybridized carbons (Fsp3) is 0.259. The Morgan fingerprint density at radius 3 is 2.50 bits per heavy atom. The smallest absolute Gasteiger partial charge is 0.250 e. The molecule has 1 spiro atoms. The average molecular weight is 441 g/mol. The van der Waals surface area contributed by atoms with E-state index in [1.165, 1.54) is 0 Å². The number of hydrogen-bond acceptors (Lipinski definition) is 4. The topological polar surface area (TPSA) is 49.4 Å². The second-order valence-corrected chi connectivity index (χ2v) is 9.95. The molecule has 0 aromatic heterocycles. The first-order valence-corrected chi connectivity index (χ1v) is 12.2. The van der Waals surface area contributed by atoms with Gasteiger partial charge in [0.1, 0.15) is 5.54 Å². The molecule has 1 N–H and O–H groups in total. The number of Topliss-reactive ketones (excluding diaryl/α,β-unsaturated/α-hetero) is 1. The van der Waals surface area contributed by atoms with E-state index in [4.69, 9.17) is 0 Å². The maximum absolute atomic E-state index is 14.3. The van der Waals surface area contributed by atoms with Crippen molar-refractivity contribution in [1.29, 1.82) is 0 Å². The third-order valence-electron chi connectivity index (χ3n) is 7.33. The zero-order valence-corrected chi connectivity index (χ0v) is 18.6. The number of nitrogens with zero attached hydrogens (tertiary/aromatic N) is 1. The van der Waals surface area contributed by atoms with Gasteiger partial charge < -0.3 is 5.32 Å². The number of carbonyl (C=O) groups excluding carboxylic acids is 2. The second kappa shape index (κ2) is 7.32. The van der Waals surface area contributed by atoms with Crippen LogP contribution in [0, 0.1) is 12.8 Å². The van der Waals surface area contributed by atoms with E-state index >= 15 is 0 Å². The molecule has 2 saturated heterocycles. The molecule has 3 aromatic rings. The molecule has 0 unspecified atom stereocenters. The third-order valence-corrected chi connectivity index (χ3v) is 8.37. The fourth-order valence-electron chi connectivity index (χ4n) is 5.98. The van der Waals surface area contributed by atoms with Crippen molar-refractivity contribution in [3.8, 4) is 0 Å². The van der Waals surface area contributed by atoms with Gasteiger partial charge in [-0.25, -0.2) is 0 Å². The Labute approximate surface area is 192 Å². The van der Waals surface area contributed by atoms with Crippen LogP contribution in [0.25, 0.3) is 0 Å². The van der Waals surface area contributed by atoms with Gasteiger partial charge in [0.15, 0.2) is 5.78 Å². The predicted octanol–water partition coefficient (Wildman–Crippen LogP) is 4.81. The fourth-order valence-corrected chi connectivity index (χ4v) is 7.30. The van der Waals surface area contributed by atoms with Gasteiger partial charge in [0.05, 0.1) is 5.92 Å². The second-order valence-electron chi connectivity index (χ2n) is 8.95. The lowest BCUT2D eigenvalue weighted by Crippen LogP contribution is -2.52. The molecule has 0 aliphatic carbocycles. The van der Waals surface area contributed by atoms with Crippen LogP contribution in [0.1, 0.15) is 33.0 Å². The molecule has 160 valence electrons. The molecule has 6 rings (SSSR count). The lowest BCUT2D eigenvalue weighted by Gasteiger charge is -2.36. The summed E-state index contributed by atoms with van der Waals surface area (Å²) in [5.41, 5.74) is 3.68. The molecule has 3 aromatic carbocycles. The lowest BCUT2D eigenvalue weighted by atomic mass is 9.69. The summed E-state index contributed by atoms with van der Waals surface area (Å²) in [6.45, 7) is 2.02. The highest BCUT2D eigenvalue weighted by atomic mass is 32.2. The first kappa shape index (κ1) is 19.8. The van der Waals surface area contributed by atoms with E-state index in [0.717, 1.165) is 34.0 Å². The van der Waals surface area contributed by atoms with Crippen molar-refractivity contribution in [2.45, 2.75) is 24.4 Å². The van der Waals surface area contributed by atoms with Crippen LogP contribution >= 0.6 is 11.8 Å². The first-order valence-electron chi connectivity index (χ1n) is 11.0. The van der Waals surface area contributed by atoms with Gasteiger partial charge >= 0.3 is 0 Å². The van der Waals surface area contributed by atoms with E-state index in [1.54, 1.807) is 0 Å². The van der Waals surface area contributed by atoms with Gasteiger partial charge in [-0.05, 0) is 18.6 Å². The maximum Gasteiger partial charge on any atom is 0.250 e. The van der Waals surface area contributed by atoms with E-state index in [9.17, 15) is 9.59 Å². The van der Waals surface area contributed by atoms with Crippen LogP contribution in [0.5, 0.6) is 0 Å². The van der Waals surface area contributed by atoms with E-state index in [1.807, 2.05) is 85.4 Å². The summed E-state index contributed by atoms with van der Waals surface area (Å²) in [6.07, 6.45) is 0. The molecule has 4 atom stereocenters. The summed E-state index contributed by atoms with van der Waals surface area (Å²) in [7, 11) is 0. The Balaban J connectivity index is 1.61. The number of para-hydroxylation sites is 1. The van der Waals surface area contributed by atoms with Gasteiger partial charge in [0, 0.05) is 40.4 Å². The molecule has 3 aliphatic rings. The Hall–Kier alpha value is -2.89. The van der Waals surface area contributed by atoms with Gasteiger partial charge in [-0.1, -0.05) is 78.4 Å². The van der Waals surface area contributed by atoms with E-state index in [2.05, 4.69) is 22.3 Å². The molecule has 1 amide bonds. The van der Waals surface area contributed by atoms with Crippen LogP contribution in [0.4, 0.5) is 5.69 Å². The number of carbonyl (C=O) groups is 2. The summed E-state index contributed by atoms with van der Waals surface area (Å²) in [5.74, 6) is 1.07. The van der Waals surface area contributed by atoms with Gasteiger partial charge in [0.25, 0.3) is 0 Å². The summed E-state index contributed by atoms with van der Waals surface area (Å²) in [4.78, 5) is 30.4. The normalized spacial score (nSPS) is 28.5. The number of thioether (sulfide) groups is 1. The quantitative estimate of drug-likeness (QED) is 0.594. The van der Waals surface area contributed by atoms with Crippen LogP contribution in [-0.4, -0.2) is 34.3 Å².